The van der Waals surface area contributed by atoms with E-state index < -0.39 is 0 Å². The van der Waals surface area contributed by atoms with Gasteiger partial charge in [0, 0.05) is 16.6 Å². The Balaban J connectivity index is 2.23. The van der Waals surface area contributed by atoms with Crippen LogP contribution in [0.15, 0.2) is 41.3 Å². The molecule has 0 N–H and O–H groups in total. The quantitative estimate of drug-likeness (QED) is 0.683. The van der Waals surface area contributed by atoms with E-state index in [1.54, 1.807) is 11.8 Å². The van der Waals surface area contributed by atoms with Crippen molar-refractivity contribution in [3.05, 3.63) is 63.7 Å². The van der Waals surface area contributed by atoms with Crippen LogP contribution in [0.4, 0.5) is 0 Å². The van der Waals surface area contributed by atoms with Crippen molar-refractivity contribution >= 4 is 23.4 Å². The van der Waals surface area contributed by atoms with E-state index in [1.165, 1.54) is 21.6 Å². The van der Waals surface area contributed by atoms with Gasteiger partial charge in [0.25, 0.3) is 0 Å². The van der Waals surface area contributed by atoms with Crippen molar-refractivity contribution in [2.75, 3.05) is 0 Å². The van der Waals surface area contributed by atoms with Gasteiger partial charge in [-0.05, 0) is 40.8 Å². The van der Waals surface area contributed by atoms with Crippen LogP contribution < -0.4 is 0 Å². The van der Waals surface area contributed by atoms with Crippen LogP contribution in [-0.2, 0) is 5.75 Å². The molecule has 0 saturated heterocycles. The molecule has 1 nitrogen and oxygen atoms in total. The third kappa shape index (κ3) is 2.57. The minimum atomic E-state index is 0.330. The molecule has 0 fully saturated rings. The van der Waals surface area contributed by atoms with Crippen molar-refractivity contribution in [3.8, 4) is 6.07 Å². The first-order valence-electron chi connectivity index (χ1n) is 7.06. The zero-order chi connectivity index (χ0) is 15.0. The van der Waals surface area contributed by atoms with Crippen molar-refractivity contribution in [2.24, 2.45) is 5.92 Å². The van der Waals surface area contributed by atoms with Crippen molar-refractivity contribution in [3.63, 3.8) is 0 Å². The second-order valence-electron chi connectivity index (χ2n) is 5.69. The van der Waals surface area contributed by atoms with Gasteiger partial charge in [0.1, 0.15) is 0 Å². The number of nitrogens with zero attached hydrogens (tertiary/aromatic N) is 1. The number of thioether (sulfide) groups is 1. The highest BCUT2D eigenvalue weighted by Gasteiger charge is 2.27. The van der Waals surface area contributed by atoms with Gasteiger partial charge in [-0.3, -0.25) is 0 Å². The maximum atomic E-state index is 9.12. The summed E-state index contributed by atoms with van der Waals surface area (Å²) in [5.41, 5.74) is 4.63. The molecule has 1 aliphatic rings. The van der Waals surface area contributed by atoms with Gasteiger partial charge >= 0.3 is 0 Å². The number of rotatable bonds is 1. The van der Waals surface area contributed by atoms with Gasteiger partial charge in [0.15, 0.2) is 0 Å². The van der Waals surface area contributed by atoms with E-state index in [2.05, 4.69) is 32.0 Å². The molecule has 2 aromatic rings. The molecule has 0 saturated carbocycles. The van der Waals surface area contributed by atoms with Gasteiger partial charge in [-0.15, -0.1) is 11.8 Å². The zero-order valence-corrected chi connectivity index (χ0v) is 13.6. The average Bonchev–Trinajstić information content (AvgIpc) is 2.63. The molecule has 0 amide bonds. The summed E-state index contributed by atoms with van der Waals surface area (Å²) in [5, 5.41) is 9.95. The molecule has 21 heavy (non-hydrogen) atoms. The number of halogens is 1. The lowest BCUT2D eigenvalue weighted by molar-refractivity contribution is 0.556. The lowest BCUT2D eigenvalue weighted by Crippen LogP contribution is -2.10. The molecule has 1 atom stereocenters. The van der Waals surface area contributed by atoms with Crippen LogP contribution >= 0.6 is 23.4 Å². The molecule has 3 rings (SSSR count). The molecule has 3 heteroatoms. The van der Waals surface area contributed by atoms with Crippen LogP contribution in [0.25, 0.3) is 0 Å². The average molecular weight is 314 g/mol. The largest absolute Gasteiger partial charge is 0.192 e. The van der Waals surface area contributed by atoms with Crippen LogP contribution in [0.3, 0.4) is 0 Å². The van der Waals surface area contributed by atoms with E-state index in [1.807, 2.05) is 24.3 Å². The summed E-state index contributed by atoms with van der Waals surface area (Å²) < 4.78 is 0. The Morgan fingerprint density at radius 3 is 2.76 bits per heavy atom. The molecule has 1 aliphatic heterocycles. The molecule has 106 valence electrons. The number of nitriles is 1. The van der Waals surface area contributed by atoms with Crippen molar-refractivity contribution < 1.29 is 0 Å². The minimum Gasteiger partial charge on any atom is -0.192 e. The summed E-state index contributed by atoms with van der Waals surface area (Å²) in [6.45, 7) is 4.49. The van der Waals surface area contributed by atoms with Gasteiger partial charge < -0.3 is 0 Å². The molecule has 2 aromatic carbocycles. The van der Waals surface area contributed by atoms with Gasteiger partial charge in [-0.2, -0.15) is 5.26 Å². The highest BCUT2D eigenvalue weighted by Crippen LogP contribution is 2.46. The summed E-state index contributed by atoms with van der Waals surface area (Å²) in [5.74, 6) is 1.68. The molecule has 1 heterocycles. The van der Waals surface area contributed by atoms with E-state index in [9.17, 15) is 0 Å². The lowest BCUT2D eigenvalue weighted by Gasteiger charge is -2.24. The number of fused-ring (bicyclic) bond motifs is 2. The summed E-state index contributed by atoms with van der Waals surface area (Å²) >= 11 is 8.19. The SMILES string of the molecule is CC(C)C1c2ccc(C#N)cc2CSc2c(Cl)cccc21. The third-order valence-corrected chi connectivity index (χ3v) is 5.60. The fourth-order valence-corrected chi connectivity index (χ4v) is 4.53. The second-order valence-corrected chi connectivity index (χ2v) is 7.09. The fourth-order valence-electron chi connectivity index (χ4n) is 3.06. The molecule has 0 radical (unpaired) electrons. The summed E-state index contributed by atoms with van der Waals surface area (Å²) in [6, 6.07) is 14.5. The van der Waals surface area contributed by atoms with Crippen LogP contribution in [0, 0.1) is 17.2 Å². The zero-order valence-electron chi connectivity index (χ0n) is 12.1. The Bertz CT molecular complexity index is 730. The van der Waals surface area contributed by atoms with E-state index in [0.717, 1.165) is 16.3 Å². The fraction of sp³-hybridized carbons (Fsp3) is 0.278. The monoisotopic (exact) mass is 313 g/mol. The van der Waals surface area contributed by atoms with Crippen molar-refractivity contribution in [2.45, 2.75) is 30.4 Å². The standard InChI is InChI=1S/C18H16ClNS/c1-11(2)17-14-7-6-12(9-20)8-13(14)10-21-18-15(17)4-3-5-16(18)19/h3-8,11,17H,10H2,1-2H3. The maximum Gasteiger partial charge on any atom is 0.0991 e. The molecule has 0 bridgehead atoms. The van der Waals surface area contributed by atoms with E-state index in [0.29, 0.717) is 11.8 Å². The first-order valence-corrected chi connectivity index (χ1v) is 8.42. The Labute approximate surface area is 134 Å². The predicted octanol–water partition coefficient (Wildman–Crippen LogP) is 5.61. The van der Waals surface area contributed by atoms with Crippen LogP contribution in [-0.4, -0.2) is 0 Å². The number of benzene rings is 2. The minimum absolute atomic E-state index is 0.330. The van der Waals surface area contributed by atoms with Crippen LogP contribution in [0.2, 0.25) is 5.02 Å². The van der Waals surface area contributed by atoms with Crippen molar-refractivity contribution in [1.29, 1.82) is 5.26 Å². The Hall–Kier alpha value is -1.43. The first-order chi connectivity index (χ1) is 10.1. The maximum absolute atomic E-state index is 9.12. The Morgan fingerprint density at radius 2 is 2.05 bits per heavy atom. The Kier molecular flexibility index (Phi) is 3.97. The highest BCUT2D eigenvalue weighted by atomic mass is 35.5. The van der Waals surface area contributed by atoms with E-state index >= 15 is 0 Å². The topological polar surface area (TPSA) is 23.8 Å². The third-order valence-electron chi connectivity index (χ3n) is 3.98. The Morgan fingerprint density at radius 1 is 1.24 bits per heavy atom. The first kappa shape index (κ1) is 14.5. The van der Waals surface area contributed by atoms with Gasteiger partial charge in [-0.1, -0.05) is 43.6 Å². The summed E-state index contributed by atoms with van der Waals surface area (Å²) in [7, 11) is 0. The molecule has 0 spiro atoms. The smallest absolute Gasteiger partial charge is 0.0991 e. The number of hydrogen-bond acceptors (Lipinski definition) is 2. The van der Waals surface area contributed by atoms with Crippen LogP contribution in [0.1, 0.15) is 42.0 Å². The highest BCUT2D eigenvalue weighted by molar-refractivity contribution is 7.98. The predicted molar refractivity (Wildman–Crippen MR) is 88.9 cm³/mol. The summed E-state index contributed by atoms with van der Waals surface area (Å²) in [6.07, 6.45) is 0. The molecule has 0 aliphatic carbocycles. The molecule has 0 aromatic heterocycles. The van der Waals surface area contributed by atoms with E-state index in [4.69, 9.17) is 16.9 Å². The van der Waals surface area contributed by atoms with Crippen molar-refractivity contribution in [1.82, 2.24) is 0 Å². The molecular weight excluding hydrogens is 298 g/mol. The number of hydrogen-bond donors (Lipinski definition) is 0. The molecule has 1 unspecified atom stereocenters. The molecular formula is C18H16ClNS. The lowest BCUT2D eigenvalue weighted by atomic mass is 9.80. The van der Waals surface area contributed by atoms with Gasteiger partial charge in [0.2, 0.25) is 0 Å². The van der Waals surface area contributed by atoms with Gasteiger partial charge in [-0.25, -0.2) is 0 Å². The summed E-state index contributed by atoms with van der Waals surface area (Å²) in [4.78, 5) is 1.19. The van der Waals surface area contributed by atoms with Crippen LogP contribution in [0.5, 0.6) is 0 Å². The van der Waals surface area contributed by atoms with E-state index in [-0.39, 0.29) is 0 Å². The normalized spacial score (nSPS) is 16.8. The second kappa shape index (κ2) is 5.75. The van der Waals surface area contributed by atoms with Gasteiger partial charge in [0.05, 0.1) is 16.7 Å².